The van der Waals surface area contributed by atoms with Gasteiger partial charge >= 0.3 is 0 Å². The second kappa shape index (κ2) is 7.94. The van der Waals surface area contributed by atoms with Crippen LogP contribution in [0.3, 0.4) is 0 Å². The smallest absolute Gasteiger partial charge is 0.230 e. The third-order valence-electron chi connectivity index (χ3n) is 3.75. The van der Waals surface area contributed by atoms with Gasteiger partial charge in [0.15, 0.2) is 5.82 Å². The topological polar surface area (TPSA) is 72.7 Å². The van der Waals surface area contributed by atoms with Crippen LogP contribution < -0.4 is 5.32 Å². The Morgan fingerprint density at radius 1 is 1.20 bits per heavy atom. The zero-order valence-corrected chi connectivity index (χ0v) is 14.9. The van der Waals surface area contributed by atoms with E-state index >= 15 is 0 Å². The molecular weight excluding hydrogens is 334 g/mol. The summed E-state index contributed by atoms with van der Waals surface area (Å²) < 4.78 is 1.78. The van der Waals surface area contributed by atoms with Gasteiger partial charge in [-0.25, -0.2) is 14.6 Å². The molecule has 0 aliphatic heterocycles. The number of nitrogens with one attached hydrogen (secondary N) is 1. The first kappa shape index (κ1) is 17.2. The van der Waals surface area contributed by atoms with E-state index in [9.17, 15) is 4.79 Å². The van der Waals surface area contributed by atoms with Crippen LogP contribution in [0.1, 0.15) is 24.2 Å². The number of nitrogens with zero attached hydrogens (tertiary/aromatic N) is 4. The maximum atomic E-state index is 12.2. The summed E-state index contributed by atoms with van der Waals surface area (Å²) in [4.78, 5) is 20.7. The Labute approximate surface area is 150 Å². The lowest BCUT2D eigenvalue weighted by atomic mass is 10.1. The Morgan fingerprint density at radius 2 is 1.96 bits per heavy atom. The molecule has 1 amide bonds. The zero-order chi connectivity index (χ0) is 17.6. The molecule has 3 aromatic rings. The van der Waals surface area contributed by atoms with Gasteiger partial charge in [0.1, 0.15) is 0 Å². The van der Waals surface area contributed by atoms with Gasteiger partial charge < -0.3 is 5.32 Å². The summed E-state index contributed by atoms with van der Waals surface area (Å²) in [7, 11) is 0. The van der Waals surface area contributed by atoms with Gasteiger partial charge in [0.05, 0.1) is 23.0 Å². The molecule has 0 aliphatic rings. The fourth-order valence-corrected chi connectivity index (χ4v) is 3.16. The van der Waals surface area contributed by atoms with Crippen LogP contribution in [0, 0.1) is 6.92 Å². The quantitative estimate of drug-likeness (QED) is 0.690. The number of thioether (sulfide) groups is 1. The molecule has 25 heavy (non-hydrogen) atoms. The predicted octanol–water partition coefficient (Wildman–Crippen LogP) is 2.94. The fraction of sp³-hybridized carbons (Fsp3) is 0.222. The minimum absolute atomic E-state index is 0.0341. The van der Waals surface area contributed by atoms with Gasteiger partial charge in [-0.2, -0.15) is 5.10 Å². The van der Waals surface area contributed by atoms with E-state index in [1.807, 2.05) is 50.2 Å². The normalized spacial score (nSPS) is 11.9. The molecule has 0 saturated carbocycles. The van der Waals surface area contributed by atoms with E-state index in [4.69, 9.17) is 0 Å². The Morgan fingerprint density at radius 3 is 2.64 bits per heavy atom. The maximum Gasteiger partial charge on any atom is 0.230 e. The van der Waals surface area contributed by atoms with Crippen molar-refractivity contribution in [2.24, 2.45) is 0 Å². The van der Waals surface area contributed by atoms with Gasteiger partial charge in [-0.1, -0.05) is 23.9 Å². The number of pyridine rings is 2. The lowest BCUT2D eigenvalue weighted by Crippen LogP contribution is -2.28. The van der Waals surface area contributed by atoms with Crippen LogP contribution in [0.4, 0.5) is 0 Å². The van der Waals surface area contributed by atoms with Crippen LogP contribution in [0.5, 0.6) is 0 Å². The third kappa shape index (κ3) is 4.24. The van der Waals surface area contributed by atoms with Crippen LogP contribution >= 0.6 is 11.8 Å². The molecule has 0 radical (unpaired) electrons. The monoisotopic (exact) mass is 353 g/mol. The lowest BCUT2D eigenvalue weighted by molar-refractivity contribution is -0.119. The Balaban J connectivity index is 1.62. The van der Waals surface area contributed by atoms with Crippen molar-refractivity contribution < 1.29 is 4.79 Å². The van der Waals surface area contributed by atoms with E-state index in [-0.39, 0.29) is 11.9 Å². The van der Waals surface area contributed by atoms with Crippen molar-refractivity contribution in [1.29, 1.82) is 0 Å². The molecular formula is C18H19N5OS. The van der Waals surface area contributed by atoms with Crippen molar-refractivity contribution >= 4 is 17.7 Å². The highest BCUT2D eigenvalue weighted by atomic mass is 32.2. The minimum atomic E-state index is -0.130. The molecule has 7 heteroatoms. The summed E-state index contributed by atoms with van der Waals surface area (Å²) in [5.74, 6) is 1.05. The largest absolute Gasteiger partial charge is 0.349 e. The zero-order valence-electron chi connectivity index (χ0n) is 14.1. The van der Waals surface area contributed by atoms with Crippen molar-refractivity contribution in [2.45, 2.75) is 24.9 Å². The van der Waals surface area contributed by atoms with Gasteiger partial charge in [0.25, 0.3) is 0 Å². The Hall–Kier alpha value is -2.67. The molecule has 3 heterocycles. The second-order valence-corrected chi connectivity index (χ2v) is 6.53. The highest BCUT2D eigenvalue weighted by Gasteiger charge is 2.16. The van der Waals surface area contributed by atoms with Gasteiger partial charge in [0, 0.05) is 23.7 Å². The van der Waals surface area contributed by atoms with Crippen LogP contribution in [-0.2, 0) is 4.79 Å². The SMILES string of the molecule is Cc1c(C(C)NC(=O)CSc2ccccn2)cnn1-c1ccccn1. The number of carbonyl (C=O) groups is 1. The van der Waals surface area contributed by atoms with Crippen LogP contribution in [0.2, 0.25) is 0 Å². The second-order valence-electron chi connectivity index (χ2n) is 5.53. The van der Waals surface area contributed by atoms with Crippen molar-refractivity contribution in [3.8, 4) is 5.82 Å². The van der Waals surface area contributed by atoms with E-state index in [0.29, 0.717) is 5.75 Å². The van der Waals surface area contributed by atoms with E-state index in [2.05, 4.69) is 20.4 Å². The number of rotatable bonds is 6. The summed E-state index contributed by atoms with van der Waals surface area (Å²) >= 11 is 1.42. The van der Waals surface area contributed by atoms with Crippen LogP contribution in [0.25, 0.3) is 5.82 Å². The minimum Gasteiger partial charge on any atom is -0.349 e. The summed E-state index contributed by atoms with van der Waals surface area (Å²) in [6.07, 6.45) is 5.23. The molecule has 1 unspecified atom stereocenters. The molecule has 0 aliphatic carbocycles. The predicted molar refractivity (Wildman–Crippen MR) is 97.6 cm³/mol. The first-order valence-corrected chi connectivity index (χ1v) is 8.93. The number of hydrogen-bond donors (Lipinski definition) is 1. The van der Waals surface area contributed by atoms with Crippen molar-refractivity contribution in [2.75, 3.05) is 5.75 Å². The first-order chi connectivity index (χ1) is 12.1. The standard InChI is InChI=1S/C18H19N5OS/c1-13(22-17(24)12-25-18-8-4-6-10-20-18)15-11-21-23(14(15)2)16-7-3-5-9-19-16/h3-11,13H,12H2,1-2H3,(H,22,24). The van der Waals surface area contributed by atoms with Gasteiger partial charge in [-0.05, 0) is 38.1 Å². The van der Waals surface area contributed by atoms with E-state index in [1.165, 1.54) is 11.8 Å². The van der Waals surface area contributed by atoms with Crippen LogP contribution in [0.15, 0.2) is 60.0 Å². The Kier molecular flexibility index (Phi) is 5.45. The van der Waals surface area contributed by atoms with E-state index in [1.54, 1.807) is 23.3 Å². The molecule has 0 fully saturated rings. The average molecular weight is 353 g/mol. The number of amides is 1. The number of hydrogen-bond acceptors (Lipinski definition) is 5. The highest BCUT2D eigenvalue weighted by molar-refractivity contribution is 7.99. The molecule has 128 valence electrons. The Bertz CT molecular complexity index is 835. The number of carbonyl (C=O) groups excluding carboxylic acids is 1. The molecule has 3 aromatic heterocycles. The molecule has 0 aromatic carbocycles. The molecule has 0 spiro atoms. The van der Waals surface area contributed by atoms with Crippen molar-refractivity contribution in [1.82, 2.24) is 25.1 Å². The maximum absolute atomic E-state index is 12.2. The fourth-order valence-electron chi connectivity index (χ4n) is 2.49. The van der Waals surface area contributed by atoms with Crippen molar-refractivity contribution in [3.05, 3.63) is 66.2 Å². The molecule has 6 nitrogen and oxygen atoms in total. The first-order valence-electron chi connectivity index (χ1n) is 7.94. The van der Waals surface area contributed by atoms with Gasteiger partial charge in [-0.15, -0.1) is 0 Å². The summed E-state index contributed by atoms with van der Waals surface area (Å²) in [5.41, 5.74) is 1.94. The van der Waals surface area contributed by atoms with Crippen LogP contribution in [-0.4, -0.2) is 31.4 Å². The van der Waals surface area contributed by atoms with E-state index in [0.717, 1.165) is 22.1 Å². The van der Waals surface area contributed by atoms with E-state index < -0.39 is 0 Å². The molecule has 0 saturated heterocycles. The average Bonchev–Trinajstić information content (AvgIpc) is 3.03. The van der Waals surface area contributed by atoms with Gasteiger partial charge in [-0.3, -0.25) is 4.79 Å². The summed E-state index contributed by atoms with van der Waals surface area (Å²) in [6, 6.07) is 11.2. The lowest BCUT2D eigenvalue weighted by Gasteiger charge is -2.14. The molecule has 0 bridgehead atoms. The molecule has 3 rings (SSSR count). The number of aromatic nitrogens is 4. The third-order valence-corrected chi connectivity index (χ3v) is 4.69. The molecule has 1 atom stereocenters. The summed E-state index contributed by atoms with van der Waals surface area (Å²) in [6.45, 7) is 3.93. The molecule has 1 N–H and O–H groups in total. The van der Waals surface area contributed by atoms with Crippen molar-refractivity contribution in [3.63, 3.8) is 0 Å². The highest BCUT2D eigenvalue weighted by Crippen LogP contribution is 2.20. The summed E-state index contributed by atoms with van der Waals surface area (Å²) in [5, 5.41) is 8.24. The van der Waals surface area contributed by atoms with Gasteiger partial charge in [0.2, 0.25) is 5.91 Å².